The first-order valence-electron chi connectivity index (χ1n) is 12.3. The van der Waals surface area contributed by atoms with Gasteiger partial charge in [-0.1, -0.05) is 39.3 Å². The number of hydrogen-bond acceptors (Lipinski definition) is 2. The highest BCUT2D eigenvalue weighted by atomic mass is 16.3. The molecule has 4 rings (SSSR count). The molecule has 4 aliphatic rings. The van der Waals surface area contributed by atoms with Gasteiger partial charge in [0.1, 0.15) is 0 Å². The smallest absolute Gasteiger partial charge is 0.0577 e. The molecule has 0 aromatic carbocycles. The van der Waals surface area contributed by atoms with Crippen LogP contribution in [0.5, 0.6) is 0 Å². The van der Waals surface area contributed by atoms with E-state index in [0.717, 1.165) is 55.3 Å². The highest BCUT2D eigenvalue weighted by Crippen LogP contribution is 2.67. The van der Waals surface area contributed by atoms with Gasteiger partial charge in [0.05, 0.1) is 12.2 Å². The third-order valence-electron chi connectivity index (χ3n) is 10.3. The molecule has 160 valence electrons. The number of fused-ring (bicyclic) bond motifs is 5. The second-order valence-corrected chi connectivity index (χ2v) is 11.5. The molecule has 3 saturated carbocycles. The van der Waals surface area contributed by atoms with Gasteiger partial charge in [-0.3, -0.25) is 0 Å². The summed E-state index contributed by atoms with van der Waals surface area (Å²) in [6.45, 7) is 9.73. The third kappa shape index (κ3) is 3.31. The molecule has 0 bridgehead atoms. The summed E-state index contributed by atoms with van der Waals surface area (Å²) in [6, 6.07) is 0. The Morgan fingerprint density at radius 3 is 2.61 bits per heavy atom. The van der Waals surface area contributed by atoms with E-state index >= 15 is 0 Å². The first-order chi connectivity index (χ1) is 13.3. The molecule has 9 atom stereocenters. The van der Waals surface area contributed by atoms with Gasteiger partial charge in [0.15, 0.2) is 0 Å². The molecule has 4 aliphatic carbocycles. The Kier molecular flexibility index (Phi) is 5.77. The zero-order chi connectivity index (χ0) is 20.1. The lowest BCUT2D eigenvalue weighted by molar-refractivity contribution is -0.0577. The largest absolute Gasteiger partial charge is 0.393 e. The van der Waals surface area contributed by atoms with E-state index < -0.39 is 0 Å². The molecule has 0 heterocycles. The molecule has 0 aromatic heterocycles. The average Bonchev–Trinajstić information content (AvgIpc) is 3.03. The number of rotatable bonds is 5. The maximum Gasteiger partial charge on any atom is 0.0577 e. The van der Waals surface area contributed by atoms with Gasteiger partial charge >= 0.3 is 0 Å². The van der Waals surface area contributed by atoms with Crippen LogP contribution in [0.25, 0.3) is 0 Å². The summed E-state index contributed by atoms with van der Waals surface area (Å²) in [7, 11) is 0. The van der Waals surface area contributed by atoms with Crippen LogP contribution in [0, 0.1) is 40.4 Å². The van der Waals surface area contributed by atoms with E-state index in [9.17, 15) is 10.2 Å². The predicted molar refractivity (Wildman–Crippen MR) is 116 cm³/mol. The Morgan fingerprint density at radius 2 is 1.86 bits per heavy atom. The second kappa shape index (κ2) is 7.73. The summed E-state index contributed by atoms with van der Waals surface area (Å²) in [6.07, 6.45) is 15.4. The lowest BCUT2D eigenvalue weighted by Crippen LogP contribution is -2.50. The molecule has 1 unspecified atom stereocenters. The molecular formula is C26H44O2. The van der Waals surface area contributed by atoms with Crippen LogP contribution in [0.4, 0.5) is 0 Å². The summed E-state index contributed by atoms with van der Waals surface area (Å²) in [5, 5.41) is 20.2. The Labute approximate surface area is 173 Å². The monoisotopic (exact) mass is 388 g/mol. The van der Waals surface area contributed by atoms with Gasteiger partial charge in [-0.05, 0) is 111 Å². The van der Waals surface area contributed by atoms with Gasteiger partial charge in [0.2, 0.25) is 0 Å². The van der Waals surface area contributed by atoms with Crippen molar-refractivity contribution < 1.29 is 10.2 Å². The summed E-state index contributed by atoms with van der Waals surface area (Å²) in [5.74, 6) is 4.17. The molecule has 0 spiro atoms. The van der Waals surface area contributed by atoms with Gasteiger partial charge in [0, 0.05) is 0 Å². The Balaban J connectivity index is 1.50. The summed E-state index contributed by atoms with van der Waals surface area (Å²) < 4.78 is 0. The van der Waals surface area contributed by atoms with Crippen LogP contribution < -0.4 is 0 Å². The van der Waals surface area contributed by atoms with Crippen molar-refractivity contribution in [1.29, 1.82) is 0 Å². The Hall–Kier alpha value is -0.340. The van der Waals surface area contributed by atoms with Crippen molar-refractivity contribution in [2.75, 3.05) is 0 Å². The number of hydrogen-bond donors (Lipinski definition) is 2. The van der Waals surface area contributed by atoms with Crippen LogP contribution >= 0.6 is 0 Å². The lowest BCUT2D eigenvalue weighted by atomic mass is 9.47. The highest BCUT2D eigenvalue weighted by Gasteiger charge is 2.59. The van der Waals surface area contributed by atoms with Crippen molar-refractivity contribution in [1.82, 2.24) is 0 Å². The zero-order valence-electron chi connectivity index (χ0n) is 18.8. The van der Waals surface area contributed by atoms with E-state index in [2.05, 4.69) is 33.8 Å². The van der Waals surface area contributed by atoms with Crippen LogP contribution in [0.3, 0.4) is 0 Å². The fourth-order valence-electron chi connectivity index (χ4n) is 8.48. The van der Waals surface area contributed by atoms with Crippen LogP contribution in [-0.4, -0.2) is 22.4 Å². The zero-order valence-corrected chi connectivity index (χ0v) is 18.8. The highest BCUT2D eigenvalue weighted by molar-refractivity contribution is 5.25. The molecule has 0 radical (unpaired) electrons. The molecule has 0 aromatic rings. The predicted octanol–water partition coefficient (Wildman–Crippen LogP) is 6.11. The van der Waals surface area contributed by atoms with Crippen LogP contribution in [0.2, 0.25) is 0 Å². The molecule has 2 heteroatoms. The fraction of sp³-hybridized carbons (Fsp3) is 0.923. The van der Waals surface area contributed by atoms with Gasteiger partial charge < -0.3 is 10.2 Å². The Bertz CT molecular complexity index is 597. The minimum absolute atomic E-state index is 0.0973. The van der Waals surface area contributed by atoms with Crippen molar-refractivity contribution in [2.45, 2.75) is 111 Å². The number of allylic oxidation sites excluding steroid dienone is 1. The maximum atomic E-state index is 10.2. The standard InChI is InChI=1S/C26H44O2/c1-5-19(27)8-6-17(2)22-10-11-23-21-9-7-18-16-20(28)12-14-25(18,3)24(21)13-15-26(22,23)4/h7,17,19-24,27-28H,5-6,8-16H2,1-4H3/t17-,19?,20+,21+,22-,23+,24+,25+,26-/m1/s1. The summed E-state index contributed by atoms with van der Waals surface area (Å²) >= 11 is 0. The van der Waals surface area contributed by atoms with E-state index in [1.807, 2.05) is 0 Å². The molecule has 0 aliphatic heterocycles. The van der Waals surface area contributed by atoms with Crippen LogP contribution in [-0.2, 0) is 0 Å². The molecule has 0 amide bonds. The van der Waals surface area contributed by atoms with E-state index in [1.54, 1.807) is 5.57 Å². The second-order valence-electron chi connectivity index (χ2n) is 11.5. The minimum Gasteiger partial charge on any atom is -0.393 e. The maximum absolute atomic E-state index is 10.2. The normalized spacial score (nSPS) is 47.5. The van der Waals surface area contributed by atoms with Crippen LogP contribution in [0.15, 0.2) is 11.6 Å². The van der Waals surface area contributed by atoms with E-state index in [4.69, 9.17) is 0 Å². The molecular weight excluding hydrogens is 344 g/mol. The SMILES string of the molecule is CCC(O)CC[C@@H](C)[C@H]1CC[C@H]2[C@@H]3CC=C4C[C@@H](O)CC[C@]4(C)[C@H]3CC[C@]12C. The third-order valence-corrected chi connectivity index (χ3v) is 10.3. The lowest BCUT2D eigenvalue weighted by Gasteiger charge is -2.58. The topological polar surface area (TPSA) is 40.5 Å². The molecule has 28 heavy (non-hydrogen) atoms. The first-order valence-corrected chi connectivity index (χ1v) is 12.3. The summed E-state index contributed by atoms with van der Waals surface area (Å²) in [4.78, 5) is 0. The van der Waals surface area contributed by atoms with Gasteiger partial charge in [-0.25, -0.2) is 0 Å². The Morgan fingerprint density at radius 1 is 1.07 bits per heavy atom. The minimum atomic E-state index is -0.105. The quantitative estimate of drug-likeness (QED) is 0.558. The molecule has 2 N–H and O–H groups in total. The van der Waals surface area contributed by atoms with Crippen molar-refractivity contribution in [2.24, 2.45) is 40.4 Å². The molecule has 2 nitrogen and oxygen atoms in total. The number of aliphatic hydroxyl groups excluding tert-OH is 2. The fourth-order valence-corrected chi connectivity index (χ4v) is 8.48. The van der Waals surface area contributed by atoms with Gasteiger partial charge in [-0.2, -0.15) is 0 Å². The average molecular weight is 389 g/mol. The number of aliphatic hydroxyl groups is 2. The van der Waals surface area contributed by atoms with E-state index in [-0.39, 0.29) is 12.2 Å². The van der Waals surface area contributed by atoms with E-state index in [0.29, 0.717) is 10.8 Å². The van der Waals surface area contributed by atoms with Crippen molar-refractivity contribution in [3.05, 3.63) is 11.6 Å². The van der Waals surface area contributed by atoms with Crippen molar-refractivity contribution >= 4 is 0 Å². The van der Waals surface area contributed by atoms with Crippen molar-refractivity contribution in [3.8, 4) is 0 Å². The molecule has 3 fully saturated rings. The summed E-state index contributed by atoms with van der Waals surface area (Å²) in [5.41, 5.74) is 2.46. The van der Waals surface area contributed by atoms with Gasteiger partial charge in [0.25, 0.3) is 0 Å². The van der Waals surface area contributed by atoms with Crippen LogP contribution in [0.1, 0.15) is 98.3 Å². The van der Waals surface area contributed by atoms with Crippen molar-refractivity contribution in [3.63, 3.8) is 0 Å². The molecule has 0 saturated heterocycles. The first kappa shape index (κ1) is 20.9. The van der Waals surface area contributed by atoms with E-state index in [1.165, 1.54) is 44.9 Å². The van der Waals surface area contributed by atoms with Gasteiger partial charge in [-0.15, -0.1) is 0 Å².